The molecule has 0 aliphatic carbocycles. The van der Waals surface area contributed by atoms with Crippen LogP contribution in [0.3, 0.4) is 0 Å². The number of rotatable bonds is 2. The molecule has 0 bridgehead atoms. The van der Waals surface area contributed by atoms with Gasteiger partial charge in [0, 0.05) is 43.5 Å². The minimum absolute atomic E-state index is 0.0346. The van der Waals surface area contributed by atoms with Crippen molar-refractivity contribution in [3.8, 4) is 11.4 Å². The summed E-state index contributed by atoms with van der Waals surface area (Å²) in [6, 6.07) is 19.6. The van der Waals surface area contributed by atoms with E-state index >= 15 is 0 Å². The topological polar surface area (TPSA) is 20.6 Å². The smallest absolute Gasteiger partial charge is 0.200 e. The predicted octanol–water partition coefficient (Wildman–Crippen LogP) is 5.01. The van der Waals surface area contributed by atoms with Gasteiger partial charge in [-0.3, -0.25) is 0 Å². The maximum Gasteiger partial charge on any atom is 0.300 e. The lowest BCUT2D eigenvalue weighted by Crippen LogP contribution is -2.40. The normalized spacial score (nSPS) is 11.8. The van der Waals surface area contributed by atoms with Gasteiger partial charge in [0.15, 0.2) is 5.69 Å². The number of para-hydroxylation sites is 1. The number of nitrogens with zero attached hydrogens (tertiary/aromatic N) is 3. The molecule has 146 valence electrons. The highest BCUT2D eigenvalue weighted by atomic mass is 15.0. The number of aryl methyl sites for hydroxylation is 2. The number of pyridine rings is 1. The minimum atomic E-state index is 0.0346. The largest absolute Gasteiger partial charge is 0.300 e. The summed E-state index contributed by atoms with van der Waals surface area (Å²) in [7, 11) is 0. The van der Waals surface area contributed by atoms with E-state index in [1.165, 1.54) is 39.1 Å². The number of aromatic nitrogens is 3. The summed E-state index contributed by atoms with van der Waals surface area (Å²) >= 11 is 0. The Kier molecular flexibility index (Phi) is 4.70. The molecule has 4 rings (SSSR count). The Morgan fingerprint density at radius 3 is 2.28 bits per heavy atom. The van der Waals surface area contributed by atoms with Crippen molar-refractivity contribution in [2.24, 2.45) is 0 Å². The van der Waals surface area contributed by atoms with Gasteiger partial charge in [-0.2, -0.15) is 9.13 Å². The fourth-order valence-corrected chi connectivity index (χ4v) is 3.93. The molecule has 0 radical (unpaired) electrons. The first kappa shape index (κ1) is 19.3. The Bertz CT molecular complexity index is 1220. The quantitative estimate of drug-likeness (QED) is 0.446. The zero-order chi connectivity index (χ0) is 20.8. The predicted molar refractivity (Wildman–Crippen MR) is 118 cm³/mol. The zero-order valence-electron chi connectivity index (χ0n) is 18.2. The Morgan fingerprint density at radius 1 is 0.828 bits per heavy atom. The second kappa shape index (κ2) is 7.07. The lowest BCUT2D eigenvalue weighted by atomic mass is 9.85. The highest BCUT2D eigenvalue weighted by Crippen LogP contribution is 2.28. The molecule has 0 unspecified atom stereocenters. The van der Waals surface area contributed by atoms with Crippen molar-refractivity contribution in [3.05, 3.63) is 89.6 Å². The summed E-state index contributed by atoms with van der Waals surface area (Å²) < 4.78 is 4.57. The van der Waals surface area contributed by atoms with Crippen LogP contribution in [0.4, 0.5) is 0 Å². The third-order valence-electron chi connectivity index (χ3n) is 5.68. The van der Waals surface area contributed by atoms with E-state index < -0.39 is 0 Å². The number of hydrogen-bond donors (Lipinski definition) is 0. The van der Waals surface area contributed by atoms with Crippen LogP contribution in [0.15, 0.2) is 67.0 Å². The van der Waals surface area contributed by atoms with E-state index in [2.05, 4.69) is 110 Å². The Morgan fingerprint density at radius 2 is 1.55 bits per heavy atom. The van der Waals surface area contributed by atoms with Crippen molar-refractivity contribution >= 4 is 10.9 Å². The van der Waals surface area contributed by atoms with Crippen LogP contribution in [0.1, 0.15) is 43.4 Å². The first-order chi connectivity index (χ1) is 13.8. The van der Waals surface area contributed by atoms with E-state index in [1.54, 1.807) is 0 Å². The first-order valence-corrected chi connectivity index (χ1v) is 10.2. The van der Waals surface area contributed by atoms with Crippen LogP contribution in [0.5, 0.6) is 0 Å². The van der Waals surface area contributed by atoms with Gasteiger partial charge in [0.25, 0.3) is 5.82 Å². The molecule has 0 saturated carbocycles. The molecule has 0 atom stereocenters. The van der Waals surface area contributed by atoms with Crippen LogP contribution < -0.4 is 9.13 Å². The molecule has 0 aliphatic heterocycles. The second-order valence-electron chi connectivity index (χ2n) is 8.80. The van der Waals surface area contributed by atoms with Crippen LogP contribution in [0, 0.1) is 20.8 Å². The highest BCUT2D eigenvalue weighted by Gasteiger charge is 2.27. The van der Waals surface area contributed by atoms with E-state index in [0.717, 1.165) is 5.82 Å². The number of benzene rings is 2. The molecule has 0 amide bonds. The van der Waals surface area contributed by atoms with Gasteiger partial charge in [0.2, 0.25) is 11.2 Å². The van der Waals surface area contributed by atoms with E-state index in [1.807, 2.05) is 12.3 Å². The molecule has 2 aromatic heterocycles. The van der Waals surface area contributed by atoms with Crippen molar-refractivity contribution in [3.63, 3.8) is 0 Å². The Hall–Kier alpha value is -3.07. The number of fused-ring (bicyclic) bond motifs is 1. The van der Waals surface area contributed by atoms with Gasteiger partial charge in [-0.15, -0.1) is 0 Å². The molecule has 0 saturated heterocycles. The van der Waals surface area contributed by atoms with Gasteiger partial charge in [0.05, 0.1) is 5.56 Å². The Labute approximate surface area is 173 Å². The highest BCUT2D eigenvalue weighted by molar-refractivity contribution is 5.76. The van der Waals surface area contributed by atoms with E-state index in [0.29, 0.717) is 0 Å². The minimum Gasteiger partial charge on any atom is -0.200 e. The maximum atomic E-state index is 4.51. The van der Waals surface area contributed by atoms with Crippen LogP contribution in [0.2, 0.25) is 0 Å². The van der Waals surface area contributed by atoms with Crippen LogP contribution in [0.25, 0.3) is 22.3 Å². The standard InChI is InChI=1S/C26H29N3/c1-18-12-13-21-10-7-8-11-23(21)29(18)25-17-22(26(4,5)6)16-24(19(25)2)28-15-9-14-27-20(28)3/h7-17H,1-6H3/q+2. The van der Waals surface area contributed by atoms with Crippen molar-refractivity contribution in [1.29, 1.82) is 0 Å². The van der Waals surface area contributed by atoms with E-state index in [9.17, 15) is 0 Å². The summed E-state index contributed by atoms with van der Waals surface area (Å²) in [4.78, 5) is 4.51. The molecule has 2 aromatic carbocycles. The van der Waals surface area contributed by atoms with Gasteiger partial charge < -0.3 is 0 Å². The molecule has 0 spiro atoms. The van der Waals surface area contributed by atoms with Crippen molar-refractivity contribution in [2.75, 3.05) is 0 Å². The fraction of sp³-hybridized carbons (Fsp3) is 0.269. The van der Waals surface area contributed by atoms with Crippen LogP contribution in [-0.4, -0.2) is 4.98 Å². The molecule has 0 N–H and O–H groups in total. The van der Waals surface area contributed by atoms with E-state index in [4.69, 9.17) is 0 Å². The van der Waals surface area contributed by atoms with E-state index in [-0.39, 0.29) is 5.41 Å². The monoisotopic (exact) mass is 383 g/mol. The summed E-state index contributed by atoms with van der Waals surface area (Å²) in [6.07, 6.45) is 3.95. The average Bonchev–Trinajstić information content (AvgIpc) is 2.68. The SMILES string of the molecule is Cc1c(-[n+]2cccnc2C)cc(C(C)(C)C)cc1-[n+]1c(C)ccc2ccccc21. The zero-order valence-corrected chi connectivity index (χ0v) is 18.2. The van der Waals surface area contributed by atoms with Crippen molar-refractivity contribution in [1.82, 2.24) is 4.98 Å². The summed E-state index contributed by atoms with van der Waals surface area (Å²) in [5.41, 5.74) is 7.42. The van der Waals surface area contributed by atoms with Crippen molar-refractivity contribution < 1.29 is 9.13 Å². The molecule has 3 heteroatoms. The van der Waals surface area contributed by atoms with Gasteiger partial charge in [0.1, 0.15) is 18.1 Å². The molecular weight excluding hydrogens is 354 g/mol. The van der Waals surface area contributed by atoms with Gasteiger partial charge in [-0.05, 0) is 36.1 Å². The van der Waals surface area contributed by atoms with Crippen molar-refractivity contribution in [2.45, 2.75) is 47.0 Å². The maximum absolute atomic E-state index is 4.51. The Balaban J connectivity index is 2.12. The fourth-order valence-electron chi connectivity index (χ4n) is 3.93. The molecule has 0 aliphatic rings. The van der Waals surface area contributed by atoms with Crippen LogP contribution in [-0.2, 0) is 5.41 Å². The third-order valence-corrected chi connectivity index (χ3v) is 5.68. The van der Waals surface area contributed by atoms with Gasteiger partial charge >= 0.3 is 0 Å². The molecule has 0 fully saturated rings. The molecule has 3 nitrogen and oxygen atoms in total. The average molecular weight is 384 g/mol. The third kappa shape index (κ3) is 3.42. The van der Waals surface area contributed by atoms with Gasteiger partial charge in [-0.25, -0.2) is 0 Å². The van der Waals surface area contributed by atoms with Gasteiger partial charge in [-0.1, -0.05) is 37.9 Å². The molecule has 2 heterocycles. The summed E-state index contributed by atoms with van der Waals surface area (Å²) in [6.45, 7) is 13.3. The lowest BCUT2D eigenvalue weighted by molar-refractivity contribution is -0.609. The van der Waals surface area contributed by atoms with Crippen LogP contribution >= 0.6 is 0 Å². The molecule has 29 heavy (non-hydrogen) atoms. The molecule has 4 aromatic rings. The first-order valence-electron chi connectivity index (χ1n) is 10.2. The summed E-state index contributed by atoms with van der Waals surface area (Å²) in [5, 5.41) is 1.24. The molecular formula is C26H29N3+2. The summed E-state index contributed by atoms with van der Waals surface area (Å²) in [5.74, 6) is 0.979. The second-order valence-corrected chi connectivity index (χ2v) is 8.80. The lowest BCUT2D eigenvalue weighted by Gasteiger charge is -2.21. The number of hydrogen-bond acceptors (Lipinski definition) is 1.